The molecule has 0 atom stereocenters. The third-order valence-electron chi connectivity index (χ3n) is 6.41. The molecule has 0 unspecified atom stereocenters. The Balaban J connectivity index is 1.28. The normalized spacial score (nSPS) is 11.3. The van der Waals surface area contributed by atoms with Crippen LogP contribution in [-0.4, -0.2) is 36.0 Å². The van der Waals surface area contributed by atoms with E-state index in [1.165, 1.54) is 6.07 Å². The second kappa shape index (κ2) is 9.03. The van der Waals surface area contributed by atoms with E-state index < -0.39 is 5.82 Å². The molecule has 3 N–H and O–H groups in total. The maximum Gasteiger partial charge on any atom is 0.255 e. The molecule has 1 amide bonds. The average molecular weight is 516 g/mol. The van der Waals surface area contributed by atoms with Gasteiger partial charge in [-0.1, -0.05) is 18.2 Å². The van der Waals surface area contributed by atoms with E-state index in [9.17, 15) is 4.79 Å². The molecule has 0 saturated heterocycles. The largest absolute Gasteiger partial charge is 0.472 e. The van der Waals surface area contributed by atoms with Crippen molar-refractivity contribution in [2.24, 2.45) is 0 Å². The van der Waals surface area contributed by atoms with Crippen LogP contribution >= 0.6 is 0 Å². The Morgan fingerprint density at radius 1 is 0.949 bits per heavy atom. The zero-order valence-corrected chi connectivity index (χ0v) is 20.1. The first-order valence-electron chi connectivity index (χ1n) is 12.0. The average Bonchev–Trinajstić information content (AvgIpc) is 3.73. The van der Waals surface area contributed by atoms with Gasteiger partial charge in [-0.25, -0.2) is 9.37 Å². The van der Waals surface area contributed by atoms with Crippen molar-refractivity contribution in [3.63, 3.8) is 0 Å². The number of nitrogens with one attached hydrogen (secondary N) is 3. The summed E-state index contributed by atoms with van der Waals surface area (Å²) < 4.78 is 20.4. The number of rotatable bonds is 5. The molecular formula is C29H18FN7O2. The SMILES string of the molecule is O=C(Nc1cncc(-c2cc(F)c3[nH]nc(-c4nc5c(-c6ccoc6)nccc5[nH]4)c3c2)c1)c1ccccc1. The first-order valence-corrected chi connectivity index (χ1v) is 12.0. The number of benzene rings is 2. The van der Waals surface area contributed by atoms with E-state index in [-0.39, 0.29) is 11.4 Å². The molecule has 9 nitrogen and oxygen atoms in total. The number of amides is 1. The summed E-state index contributed by atoms with van der Waals surface area (Å²) in [5, 5.41) is 10.5. The number of hydrogen-bond acceptors (Lipinski definition) is 6. The van der Waals surface area contributed by atoms with Gasteiger partial charge in [-0.3, -0.25) is 19.9 Å². The Morgan fingerprint density at radius 3 is 2.69 bits per heavy atom. The van der Waals surface area contributed by atoms with E-state index in [1.807, 2.05) is 24.3 Å². The minimum absolute atomic E-state index is 0.254. The van der Waals surface area contributed by atoms with Gasteiger partial charge in [-0.15, -0.1) is 0 Å². The van der Waals surface area contributed by atoms with Gasteiger partial charge in [0.05, 0.1) is 29.9 Å². The minimum Gasteiger partial charge on any atom is -0.472 e. The monoisotopic (exact) mass is 515 g/mol. The van der Waals surface area contributed by atoms with Crippen LogP contribution in [0.3, 0.4) is 0 Å². The summed E-state index contributed by atoms with van der Waals surface area (Å²) >= 11 is 0. The molecule has 39 heavy (non-hydrogen) atoms. The van der Waals surface area contributed by atoms with Crippen LogP contribution in [0.4, 0.5) is 10.1 Å². The molecule has 10 heteroatoms. The molecule has 5 aromatic heterocycles. The number of fused-ring (bicyclic) bond motifs is 2. The van der Waals surface area contributed by atoms with E-state index in [0.717, 1.165) is 11.1 Å². The van der Waals surface area contributed by atoms with E-state index in [4.69, 9.17) is 9.40 Å². The number of H-pyrrole nitrogens is 2. The summed E-state index contributed by atoms with van der Waals surface area (Å²) in [5.41, 5.74) is 5.80. The first kappa shape index (κ1) is 22.5. The Morgan fingerprint density at radius 2 is 1.85 bits per heavy atom. The number of hydrogen-bond donors (Lipinski definition) is 3. The van der Waals surface area contributed by atoms with Gasteiger partial charge in [0.15, 0.2) is 5.82 Å². The van der Waals surface area contributed by atoms with Crippen LogP contribution in [0.15, 0.2) is 96.2 Å². The van der Waals surface area contributed by atoms with Gasteiger partial charge in [-0.2, -0.15) is 5.10 Å². The molecule has 0 bridgehead atoms. The summed E-state index contributed by atoms with van der Waals surface area (Å²) in [5.74, 6) is -0.271. The molecule has 0 saturated carbocycles. The number of furan rings is 1. The Hall–Kier alpha value is -5.64. The van der Waals surface area contributed by atoms with E-state index in [1.54, 1.807) is 61.4 Å². The van der Waals surface area contributed by atoms with Crippen LogP contribution in [-0.2, 0) is 0 Å². The molecule has 0 aliphatic heterocycles. The highest BCUT2D eigenvalue weighted by Gasteiger charge is 2.19. The lowest BCUT2D eigenvalue weighted by Crippen LogP contribution is -2.11. The van der Waals surface area contributed by atoms with Gasteiger partial charge < -0.3 is 14.7 Å². The number of imidazole rings is 1. The zero-order chi connectivity index (χ0) is 26.3. The topological polar surface area (TPSA) is 125 Å². The molecule has 0 spiro atoms. The van der Waals surface area contributed by atoms with Crippen LogP contribution in [0, 0.1) is 5.82 Å². The first-order chi connectivity index (χ1) is 19.1. The van der Waals surface area contributed by atoms with Gasteiger partial charge in [0, 0.05) is 34.5 Å². The van der Waals surface area contributed by atoms with Crippen molar-refractivity contribution >= 4 is 33.5 Å². The lowest BCUT2D eigenvalue weighted by molar-refractivity contribution is 0.102. The number of aromatic amines is 2. The summed E-state index contributed by atoms with van der Waals surface area (Å²) in [6.45, 7) is 0. The van der Waals surface area contributed by atoms with Crippen LogP contribution in [0.25, 0.3) is 55.8 Å². The van der Waals surface area contributed by atoms with E-state index in [2.05, 4.69) is 30.5 Å². The summed E-state index contributed by atoms with van der Waals surface area (Å²) in [7, 11) is 0. The highest BCUT2D eigenvalue weighted by molar-refractivity contribution is 6.04. The maximum atomic E-state index is 15.2. The van der Waals surface area contributed by atoms with Crippen molar-refractivity contribution in [2.75, 3.05) is 5.32 Å². The predicted molar refractivity (Wildman–Crippen MR) is 144 cm³/mol. The van der Waals surface area contributed by atoms with Crippen molar-refractivity contribution in [1.82, 2.24) is 30.1 Å². The standard InChI is InChI=1S/C29H18FN7O2/c30-22-12-18(19-10-20(14-31-13-19)33-29(38)16-4-2-1-3-5-16)11-21-25(22)36-37-26(21)28-34-23-6-8-32-24(27(23)35-28)17-7-9-39-15-17/h1-15H,(H,33,38)(H,34,35)(H,36,37). The number of carbonyl (C=O) groups is 1. The fourth-order valence-corrected chi connectivity index (χ4v) is 4.54. The van der Waals surface area contributed by atoms with Crippen molar-refractivity contribution in [1.29, 1.82) is 0 Å². The molecule has 5 heterocycles. The second-order valence-corrected chi connectivity index (χ2v) is 8.89. The second-order valence-electron chi connectivity index (χ2n) is 8.89. The molecule has 0 radical (unpaired) electrons. The van der Waals surface area contributed by atoms with E-state index in [0.29, 0.717) is 50.5 Å². The maximum absolute atomic E-state index is 15.2. The van der Waals surface area contributed by atoms with Crippen molar-refractivity contribution in [2.45, 2.75) is 0 Å². The Labute approximate surface area is 219 Å². The number of carbonyl (C=O) groups excluding carboxylic acids is 1. The van der Waals surface area contributed by atoms with Gasteiger partial charge in [0.1, 0.15) is 28.2 Å². The predicted octanol–water partition coefficient (Wildman–Crippen LogP) is 6.21. The number of anilines is 1. The third kappa shape index (κ3) is 4.00. The Kier molecular flexibility index (Phi) is 5.22. The summed E-state index contributed by atoms with van der Waals surface area (Å²) in [6, 6.07) is 17.5. The fourth-order valence-electron chi connectivity index (χ4n) is 4.54. The molecule has 0 fully saturated rings. The van der Waals surface area contributed by atoms with Crippen LogP contribution in [0.2, 0.25) is 0 Å². The van der Waals surface area contributed by atoms with Gasteiger partial charge in [0.2, 0.25) is 0 Å². The minimum atomic E-state index is -0.475. The van der Waals surface area contributed by atoms with Crippen LogP contribution in [0.1, 0.15) is 10.4 Å². The molecule has 2 aromatic carbocycles. The molecule has 0 aliphatic rings. The van der Waals surface area contributed by atoms with Crippen molar-refractivity contribution in [3.8, 4) is 33.9 Å². The van der Waals surface area contributed by atoms with E-state index >= 15 is 4.39 Å². The highest BCUT2D eigenvalue weighted by Crippen LogP contribution is 2.34. The van der Waals surface area contributed by atoms with Gasteiger partial charge in [0.25, 0.3) is 5.91 Å². The number of aromatic nitrogens is 6. The highest BCUT2D eigenvalue weighted by atomic mass is 19.1. The van der Waals surface area contributed by atoms with Crippen molar-refractivity contribution in [3.05, 3.63) is 103 Å². The molecule has 7 rings (SSSR count). The quantitative estimate of drug-likeness (QED) is 0.250. The molecule has 0 aliphatic carbocycles. The lowest BCUT2D eigenvalue weighted by atomic mass is 10.0. The summed E-state index contributed by atoms with van der Waals surface area (Å²) in [4.78, 5) is 29.3. The Bertz CT molecular complexity index is 1980. The van der Waals surface area contributed by atoms with Crippen LogP contribution in [0.5, 0.6) is 0 Å². The molecular weight excluding hydrogens is 497 g/mol. The third-order valence-corrected chi connectivity index (χ3v) is 6.41. The van der Waals surface area contributed by atoms with Gasteiger partial charge in [-0.05, 0) is 48.0 Å². The summed E-state index contributed by atoms with van der Waals surface area (Å²) in [6.07, 6.45) is 8.02. The fraction of sp³-hybridized carbons (Fsp3) is 0. The molecule has 188 valence electrons. The zero-order valence-electron chi connectivity index (χ0n) is 20.1. The van der Waals surface area contributed by atoms with Gasteiger partial charge >= 0.3 is 0 Å². The van der Waals surface area contributed by atoms with Crippen molar-refractivity contribution < 1.29 is 13.6 Å². The number of halogens is 1. The number of pyridine rings is 2. The van der Waals surface area contributed by atoms with Crippen LogP contribution < -0.4 is 5.32 Å². The molecule has 7 aromatic rings. The number of nitrogens with zero attached hydrogens (tertiary/aromatic N) is 4. The smallest absolute Gasteiger partial charge is 0.255 e. The lowest BCUT2D eigenvalue weighted by Gasteiger charge is -2.08.